The van der Waals surface area contributed by atoms with Crippen LogP contribution < -0.4 is 10.1 Å². The van der Waals surface area contributed by atoms with Gasteiger partial charge >= 0.3 is 0 Å². The average Bonchev–Trinajstić information content (AvgIpc) is 2.79. The number of hydrogen-bond donors (Lipinski definition) is 1. The van der Waals surface area contributed by atoms with Crippen molar-refractivity contribution in [1.29, 1.82) is 0 Å². The van der Waals surface area contributed by atoms with Crippen molar-refractivity contribution in [1.82, 2.24) is 14.8 Å². The molecule has 0 radical (unpaired) electrons. The van der Waals surface area contributed by atoms with Gasteiger partial charge in [-0.1, -0.05) is 0 Å². The summed E-state index contributed by atoms with van der Waals surface area (Å²) in [7, 11) is 0. The van der Waals surface area contributed by atoms with Crippen LogP contribution in [0.15, 0.2) is 18.3 Å². The molecule has 0 saturated carbocycles. The molecule has 0 bridgehead atoms. The Morgan fingerprint density at radius 3 is 3.05 bits per heavy atom. The van der Waals surface area contributed by atoms with E-state index in [9.17, 15) is 4.79 Å². The van der Waals surface area contributed by atoms with Gasteiger partial charge in [0.25, 0.3) is 5.91 Å². The van der Waals surface area contributed by atoms with E-state index in [1.54, 1.807) is 16.9 Å². The lowest BCUT2D eigenvalue weighted by Gasteiger charge is -2.14. The topological polar surface area (TPSA) is 69.0 Å². The number of ether oxygens (including phenoxy) is 1. The highest BCUT2D eigenvalue weighted by Crippen LogP contribution is 2.25. The second-order valence-corrected chi connectivity index (χ2v) is 4.79. The molecule has 0 aliphatic carbocycles. The van der Waals surface area contributed by atoms with Crippen LogP contribution in [0.4, 0.5) is 5.69 Å². The van der Waals surface area contributed by atoms with Crippen LogP contribution in [0.5, 0.6) is 5.88 Å². The van der Waals surface area contributed by atoms with E-state index in [1.807, 2.05) is 19.9 Å². The molecule has 6 nitrogen and oxygen atoms in total. The highest BCUT2D eigenvalue weighted by molar-refractivity contribution is 6.04. The van der Waals surface area contributed by atoms with Crippen molar-refractivity contribution >= 4 is 11.6 Å². The van der Waals surface area contributed by atoms with E-state index in [0.29, 0.717) is 23.9 Å². The molecule has 1 aliphatic heterocycles. The van der Waals surface area contributed by atoms with Crippen molar-refractivity contribution in [2.75, 3.05) is 11.9 Å². The maximum Gasteiger partial charge on any atom is 0.276 e. The molecule has 0 fully saturated rings. The largest absolute Gasteiger partial charge is 0.478 e. The van der Waals surface area contributed by atoms with Crippen LogP contribution in [0.3, 0.4) is 0 Å². The number of rotatable bonds is 2. The Morgan fingerprint density at radius 2 is 2.30 bits per heavy atom. The molecule has 3 rings (SSSR count). The summed E-state index contributed by atoms with van der Waals surface area (Å²) in [6, 6.07) is 3.61. The summed E-state index contributed by atoms with van der Waals surface area (Å²) < 4.78 is 7.32. The van der Waals surface area contributed by atoms with Crippen LogP contribution in [0.2, 0.25) is 0 Å². The fourth-order valence-electron chi connectivity index (χ4n) is 2.27. The number of pyridine rings is 1. The van der Waals surface area contributed by atoms with E-state index in [0.717, 1.165) is 24.2 Å². The summed E-state index contributed by atoms with van der Waals surface area (Å²) in [5.41, 5.74) is 2.66. The van der Waals surface area contributed by atoms with E-state index in [4.69, 9.17) is 4.74 Å². The minimum atomic E-state index is -0.232. The maximum atomic E-state index is 12.3. The van der Waals surface area contributed by atoms with Gasteiger partial charge in [-0.25, -0.2) is 4.68 Å². The van der Waals surface area contributed by atoms with Gasteiger partial charge in [-0.15, -0.1) is 0 Å². The number of carbonyl (C=O) groups excluding carboxylic acids is 1. The Kier molecular flexibility index (Phi) is 3.14. The lowest BCUT2D eigenvalue weighted by molar-refractivity contribution is 0.102. The highest BCUT2D eigenvalue weighted by Gasteiger charge is 2.23. The van der Waals surface area contributed by atoms with Crippen molar-refractivity contribution in [2.24, 2.45) is 0 Å². The van der Waals surface area contributed by atoms with Gasteiger partial charge in [0.15, 0.2) is 5.69 Å². The van der Waals surface area contributed by atoms with E-state index in [1.165, 1.54) is 0 Å². The van der Waals surface area contributed by atoms with Crippen LogP contribution in [-0.2, 0) is 6.54 Å². The first-order valence-corrected chi connectivity index (χ1v) is 6.60. The van der Waals surface area contributed by atoms with E-state index >= 15 is 0 Å². The quantitative estimate of drug-likeness (QED) is 0.907. The lowest BCUT2D eigenvalue weighted by atomic mass is 10.2. The smallest absolute Gasteiger partial charge is 0.276 e. The summed E-state index contributed by atoms with van der Waals surface area (Å²) in [5, 5.41) is 7.18. The van der Waals surface area contributed by atoms with Gasteiger partial charge in [-0.3, -0.25) is 9.78 Å². The number of fused-ring (bicyclic) bond motifs is 1. The molecule has 2 aromatic rings. The van der Waals surface area contributed by atoms with Gasteiger partial charge < -0.3 is 10.1 Å². The summed E-state index contributed by atoms with van der Waals surface area (Å²) in [4.78, 5) is 16.5. The first kappa shape index (κ1) is 12.7. The molecule has 6 heteroatoms. The third-order valence-electron chi connectivity index (χ3n) is 3.35. The van der Waals surface area contributed by atoms with Crippen molar-refractivity contribution < 1.29 is 9.53 Å². The van der Waals surface area contributed by atoms with Crippen LogP contribution in [0.1, 0.15) is 28.2 Å². The number of aryl methyl sites for hydroxylation is 2. The molecule has 1 aliphatic rings. The minimum absolute atomic E-state index is 0.232. The van der Waals surface area contributed by atoms with Crippen LogP contribution >= 0.6 is 0 Å². The average molecular weight is 272 g/mol. The minimum Gasteiger partial charge on any atom is -0.478 e. The molecular weight excluding hydrogens is 256 g/mol. The Labute approximate surface area is 116 Å². The number of amides is 1. The molecule has 104 valence electrons. The number of nitrogens with zero attached hydrogens (tertiary/aromatic N) is 3. The van der Waals surface area contributed by atoms with Gasteiger partial charge in [0.1, 0.15) is 0 Å². The third-order valence-corrected chi connectivity index (χ3v) is 3.35. The zero-order valence-corrected chi connectivity index (χ0v) is 11.5. The Bertz CT molecular complexity index is 663. The predicted molar refractivity (Wildman–Crippen MR) is 74.0 cm³/mol. The Balaban J connectivity index is 1.88. The second kappa shape index (κ2) is 4.96. The maximum absolute atomic E-state index is 12.3. The van der Waals surface area contributed by atoms with Crippen molar-refractivity contribution in [3.8, 4) is 5.88 Å². The monoisotopic (exact) mass is 272 g/mol. The zero-order chi connectivity index (χ0) is 14.1. The Morgan fingerprint density at radius 1 is 1.45 bits per heavy atom. The fourth-order valence-corrected chi connectivity index (χ4v) is 2.27. The zero-order valence-electron chi connectivity index (χ0n) is 11.5. The summed E-state index contributed by atoms with van der Waals surface area (Å²) >= 11 is 0. The van der Waals surface area contributed by atoms with E-state index < -0.39 is 0 Å². The van der Waals surface area contributed by atoms with Gasteiger partial charge in [-0.2, -0.15) is 5.10 Å². The molecular formula is C14H16N4O2. The lowest BCUT2D eigenvalue weighted by Crippen LogP contribution is -2.16. The van der Waals surface area contributed by atoms with Crippen LogP contribution in [0, 0.1) is 13.8 Å². The number of anilines is 1. The van der Waals surface area contributed by atoms with Gasteiger partial charge in [-0.05, 0) is 26.0 Å². The molecule has 20 heavy (non-hydrogen) atoms. The molecule has 0 aromatic carbocycles. The number of hydrogen-bond acceptors (Lipinski definition) is 4. The molecule has 0 spiro atoms. The van der Waals surface area contributed by atoms with Crippen molar-refractivity contribution in [3.63, 3.8) is 0 Å². The number of nitrogens with one attached hydrogen (secondary N) is 1. The number of aromatic nitrogens is 3. The molecule has 0 saturated heterocycles. The van der Waals surface area contributed by atoms with E-state index in [2.05, 4.69) is 15.4 Å². The van der Waals surface area contributed by atoms with Crippen molar-refractivity contribution in [3.05, 3.63) is 35.3 Å². The SMILES string of the molecule is Cc1ncccc1NC(=O)c1nn2c(c1C)OCCC2. The second-order valence-electron chi connectivity index (χ2n) is 4.79. The number of carbonyl (C=O) groups is 1. The van der Waals surface area contributed by atoms with Gasteiger partial charge in [0.2, 0.25) is 5.88 Å². The first-order chi connectivity index (χ1) is 9.66. The highest BCUT2D eigenvalue weighted by atomic mass is 16.5. The molecule has 2 aromatic heterocycles. The summed E-state index contributed by atoms with van der Waals surface area (Å²) in [6.07, 6.45) is 2.61. The fraction of sp³-hybridized carbons (Fsp3) is 0.357. The Hall–Kier alpha value is -2.37. The molecule has 1 amide bonds. The molecule has 3 heterocycles. The van der Waals surface area contributed by atoms with Crippen LogP contribution in [0.25, 0.3) is 0 Å². The first-order valence-electron chi connectivity index (χ1n) is 6.60. The normalized spacial score (nSPS) is 13.5. The standard InChI is InChI=1S/C14H16N4O2/c1-9-12(17-18-7-4-8-20-14(9)18)13(19)16-11-5-3-6-15-10(11)2/h3,5-6H,4,7-8H2,1-2H3,(H,16,19). The van der Waals surface area contributed by atoms with Crippen LogP contribution in [-0.4, -0.2) is 27.3 Å². The molecule has 1 N–H and O–H groups in total. The van der Waals surface area contributed by atoms with Crippen molar-refractivity contribution in [2.45, 2.75) is 26.8 Å². The summed E-state index contributed by atoms with van der Waals surface area (Å²) in [5.74, 6) is 0.466. The van der Waals surface area contributed by atoms with E-state index in [-0.39, 0.29) is 5.91 Å². The predicted octanol–water partition coefficient (Wildman–Crippen LogP) is 1.93. The van der Waals surface area contributed by atoms with Gasteiger partial charge in [0, 0.05) is 24.7 Å². The summed E-state index contributed by atoms with van der Waals surface area (Å²) in [6.45, 7) is 5.17. The molecule has 0 atom stereocenters. The third kappa shape index (κ3) is 2.13. The van der Waals surface area contributed by atoms with Gasteiger partial charge in [0.05, 0.1) is 18.0 Å². The molecule has 0 unspecified atom stereocenters.